The van der Waals surface area contributed by atoms with E-state index < -0.39 is 46.2 Å². The largest absolute Gasteiger partial charge is 0.497 e. The van der Waals surface area contributed by atoms with Gasteiger partial charge in [0.2, 0.25) is 16.1 Å². The first kappa shape index (κ1) is 30.1. The molecule has 4 rings (SSSR count). The minimum Gasteiger partial charge on any atom is -0.497 e. The van der Waals surface area contributed by atoms with Gasteiger partial charge in [-0.2, -0.15) is 17.5 Å². The molecule has 1 spiro atoms. The van der Waals surface area contributed by atoms with Crippen molar-refractivity contribution in [3.8, 4) is 5.75 Å². The van der Waals surface area contributed by atoms with Crippen LogP contribution in [0.4, 0.5) is 22.4 Å². The number of alkyl halides is 3. The summed E-state index contributed by atoms with van der Waals surface area (Å²) in [6.07, 6.45) is -6.16. The van der Waals surface area contributed by atoms with Gasteiger partial charge in [-0.1, -0.05) is 12.1 Å². The Hall–Kier alpha value is -2.90. The number of ether oxygens (including phenoxy) is 3. The van der Waals surface area contributed by atoms with E-state index in [0.29, 0.717) is 37.1 Å². The van der Waals surface area contributed by atoms with E-state index in [0.717, 1.165) is 18.6 Å². The molecule has 8 nitrogen and oxygen atoms in total. The number of benzene rings is 2. The van der Waals surface area contributed by atoms with Gasteiger partial charge in [0, 0.05) is 26.2 Å². The molecule has 2 aliphatic rings. The quantitative estimate of drug-likeness (QED) is 0.405. The Bertz CT molecular complexity index is 1250. The van der Waals surface area contributed by atoms with Crippen LogP contribution in [0, 0.1) is 11.2 Å². The molecule has 13 heteroatoms. The van der Waals surface area contributed by atoms with Crippen LogP contribution in [0.2, 0.25) is 0 Å². The minimum atomic E-state index is -4.81. The van der Waals surface area contributed by atoms with E-state index in [4.69, 9.17) is 14.2 Å². The Morgan fingerprint density at radius 3 is 2.25 bits per heavy atom. The molecule has 0 bridgehead atoms. The van der Waals surface area contributed by atoms with Crippen LogP contribution in [-0.2, 0) is 26.1 Å². The Labute approximate surface area is 230 Å². The SMILES string of the molecule is COc1ccc(COC[C@@H](OC(=O)N2CCC3(CCCN(S(=O)(=O)c4ccc(F)cc4)C3)CC2)C(F)(F)F)cc1. The van der Waals surface area contributed by atoms with Crippen molar-refractivity contribution in [1.82, 2.24) is 9.21 Å². The maximum Gasteiger partial charge on any atom is 0.427 e. The van der Waals surface area contributed by atoms with Gasteiger partial charge in [0.15, 0.2) is 0 Å². The first-order valence-electron chi connectivity index (χ1n) is 12.9. The lowest BCUT2D eigenvalue weighted by atomic mass is 9.73. The summed E-state index contributed by atoms with van der Waals surface area (Å²) in [4.78, 5) is 13.9. The number of carbonyl (C=O) groups excluding carboxylic acids is 1. The molecule has 0 N–H and O–H groups in total. The Balaban J connectivity index is 1.31. The monoisotopic (exact) mass is 588 g/mol. The second-order valence-corrected chi connectivity index (χ2v) is 12.1. The average Bonchev–Trinajstić information content (AvgIpc) is 2.93. The third kappa shape index (κ3) is 7.24. The summed E-state index contributed by atoms with van der Waals surface area (Å²) in [5, 5.41) is 0. The molecule has 0 aromatic heterocycles. The summed E-state index contributed by atoms with van der Waals surface area (Å²) in [7, 11) is -2.33. The van der Waals surface area contributed by atoms with Crippen molar-refractivity contribution < 1.29 is 45.0 Å². The first-order chi connectivity index (χ1) is 18.9. The lowest BCUT2D eigenvalue weighted by Gasteiger charge is -2.47. The van der Waals surface area contributed by atoms with Crippen LogP contribution in [0.25, 0.3) is 0 Å². The Morgan fingerprint density at radius 1 is 1.00 bits per heavy atom. The van der Waals surface area contributed by atoms with Crippen LogP contribution in [0.3, 0.4) is 0 Å². The smallest absolute Gasteiger partial charge is 0.427 e. The third-order valence-corrected chi connectivity index (χ3v) is 9.32. The number of hydrogen-bond donors (Lipinski definition) is 0. The molecule has 2 heterocycles. The molecule has 2 saturated heterocycles. The molecule has 40 heavy (non-hydrogen) atoms. The Morgan fingerprint density at radius 2 is 1.65 bits per heavy atom. The van der Waals surface area contributed by atoms with Gasteiger partial charge in [-0.15, -0.1) is 0 Å². The zero-order valence-electron chi connectivity index (χ0n) is 22.0. The number of carbonyl (C=O) groups is 1. The standard InChI is InChI=1S/C27H32F4N2O6S/c1-37-22-7-3-20(4-8-22)17-38-18-24(27(29,30)31)39-25(34)32-15-12-26(13-16-32)11-2-14-33(19-26)40(35,36)23-9-5-21(28)6-10-23/h3-10,24H,2,11-19H2,1H3/t24-/m1/s1. The average molecular weight is 589 g/mol. The number of likely N-dealkylation sites (tertiary alicyclic amines) is 1. The second-order valence-electron chi connectivity index (χ2n) is 10.2. The second kappa shape index (κ2) is 12.3. The number of rotatable bonds is 8. The van der Waals surface area contributed by atoms with Gasteiger partial charge in [-0.05, 0) is 73.1 Å². The summed E-state index contributed by atoms with van der Waals surface area (Å²) in [5.74, 6) is 0.0643. The van der Waals surface area contributed by atoms with Crippen molar-refractivity contribution in [2.24, 2.45) is 5.41 Å². The number of methoxy groups -OCH3 is 1. The Kier molecular flexibility index (Phi) is 9.26. The summed E-state index contributed by atoms with van der Waals surface area (Å²) in [5.41, 5.74) is 0.227. The molecule has 2 aromatic rings. The van der Waals surface area contributed by atoms with Gasteiger partial charge < -0.3 is 19.1 Å². The molecule has 2 aromatic carbocycles. The number of hydrogen-bond acceptors (Lipinski definition) is 6. The molecule has 0 unspecified atom stereocenters. The zero-order chi connectivity index (χ0) is 29.0. The van der Waals surface area contributed by atoms with Crippen molar-refractivity contribution in [1.29, 1.82) is 0 Å². The topological polar surface area (TPSA) is 85.4 Å². The van der Waals surface area contributed by atoms with Crippen LogP contribution in [-0.4, -0.2) is 75.9 Å². The van der Waals surface area contributed by atoms with E-state index in [9.17, 15) is 30.8 Å². The van der Waals surface area contributed by atoms with Crippen molar-refractivity contribution in [2.75, 3.05) is 39.9 Å². The molecule has 1 atom stereocenters. The molecule has 2 fully saturated rings. The fourth-order valence-electron chi connectivity index (χ4n) is 5.09. The summed E-state index contributed by atoms with van der Waals surface area (Å²) >= 11 is 0. The summed E-state index contributed by atoms with van der Waals surface area (Å²) in [6.45, 7) is -0.134. The number of sulfonamides is 1. The van der Waals surface area contributed by atoms with Gasteiger partial charge in [-0.3, -0.25) is 0 Å². The highest BCUT2D eigenvalue weighted by Crippen LogP contribution is 2.41. The zero-order valence-corrected chi connectivity index (χ0v) is 22.8. The third-order valence-electron chi connectivity index (χ3n) is 7.47. The molecular weight excluding hydrogens is 556 g/mol. The summed E-state index contributed by atoms with van der Waals surface area (Å²) < 4.78 is 96.8. The van der Waals surface area contributed by atoms with Crippen molar-refractivity contribution in [3.05, 3.63) is 59.9 Å². The van der Waals surface area contributed by atoms with E-state index in [1.54, 1.807) is 24.3 Å². The van der Waals surface area contributed by atoms with Gasteiger partial charge in [0.05, 0.1) is 25.2 Å². The molecular formula is C27H32F4N2O6S. The fraction of sp³-hybridized carbons (Fsp3) is 0.519. The molecule has 0 saturated carbocycles. The van der Waals surface area contributed by atoms with E-state index in [1.807, 2.05) is 0 Å². The van der Waals surface area contributed by atoms with E-state index in [-0.39, 0.29) is 31.1 Å². The van der Waals surface area contributed by atoms with Crippen molar-refractivity contribution >= 4 is 16.1 Å². The molecule has 1 amide bonds. The lowest BCUT2D eigenvalue weighted by Crippen LogP contribution is -2.52. The number of halogens is 4. The van der Waals surface area contributed by atoms with Gasteiger partial charge >= 0.3 is 12.3 Å². The highest BCUT2D eigenvalue weighted by molar-refractivity contribution is 7.89. The van der Waals surface area contributed by atoms with E-state index in [1.165, 1.54) is 28.4 Å². The van der Waals surface area contributed by atoms with Crippen molar-refractivity contribution in [2.45, 2.75) is 49.5 Å². The van der Waals surface area contributed by atoms with Gasteiger partial charge in [0.25, 0.3) is 0 Å². The van der Waals surface area contributed by atoms with Crippen LogP contribution in [0.15, 0.2) is 53.4 Å². The van der Waals surface area contributed by atoms with E-state index >= 15 is 0 Å². The van der Waals surface area contributed by atoms with Gasteiger partial charge in [0.1, 0.15) is 11.6 Å². The maximum absolute atomic E-state index is 13.6. The van der Waals surface area contributed by atoms with E-state index in [2.05, 4.69) is 0 Å². The molecule has 0 radical (unpaired) electrons. The number of amides is 1. The minimum absolute atomic E-state index is 0.000587. The number of piperidine rings is 2. The molecule has 220 valence electrons. The molecule has 2 aliphatic heterocycles. The van der Waals surface area contributed by atoms with Gasteiger partial charge in [-0.25, -0.2) is 17.6 Å². The molecule has 0 aliphatic carbocycles. The first-order valence-corrected chi connectivity index (χ1v) is 14.3. The van der Waals surface area contributed by atoms with Crippen molar-refractivity contribution in [3.63, 3.8) is 0 Å². The lowest BCUT2D eigenvalue weighted by molar-refractivity contribution is -0.220. The highest BCUT2D eigenvalue weighted by atomic mass is 32.2. The number of nitrogens with zero attached hydrogens (tertiary/aromatic N) is 2. The van der Waals surface area contributed by atoms with Crippen LogP contribution >= 0.6 is 0 Å². The van der Waals surface area contributed by atoms with Crippen LogP contribution in [0.1, 0.15) is 31.2 Å². The van der Waals surface area contributed by atoms with Crippen LogP contribution < -0.4 is 4.74 Å². The van der Waals surface area contributed by atoms with Crippen LogP contribution in [0.5, 0.6) is 5.75 Å². The normalized spacial score (nSPS) is 18.9. The summed E-state index contributed by atoms with van der Waals surface area (Å²) in [6, 6.07) is 11.3. The predicted molar refractivity (Wildman–Crippen MR) is 137 cm³/mol. The fourth-order valence-corrected chi connectivity index (χ4v) is 6.68. The highest BCUT2D eigenvalue weighted by Gasteiger charge is 2.46. The maximum atomic E-state index is 13.6. The predicted octanol–water partition coefficient (Wildman–Crippen LogP) is 4.99.